The molecule has 0 saturated carbocycles. The number of aromatic amines is 1. The molecule has 0 fully saturated rings. The Balaban J connectivity index is 1.58. The lowest BCUT2D eigenvalue weighted by Crippen LogP contribution is -1.93. The van der Waals surface area contributed by atoms with E-state index < -0.39 is 0 Å². The molecule has 6 nitrogen and oxygen atoms in total. The lowest BCUT2D eigenvalue weighted by Gasteiger charge is -2.04. The fourth-order valence-corrected chi connectivity index (χ4v) is 4.59. The Morgan fingerprint density at radius 1 is 0.906 bits per heavy atom. The summed E-state index contributed by atoms with van der Waals surface area (Å²) in [6.07, 6.45) is 0. The van der Waals surface area contributed by atoms with Crippen LogP contribution < -0.4 is 4.74 Å². The van der Waals surface area contributed by atoms with Gasteiger partial charge >= 0.3 is 0 Å². The first-order valence-electron chi connectivity index (χ1n) is 9.94. The van der Waals surface area contributed by atoms with E-state index in [0.29, 0.717) is 5.82 Å². The number of hydrogen-bond donors (Lipinski definition) is 1. The van der Waals surface area contributed by atoms with E-state index in [1.54, 1.807) is 23.8 Å². The van der Waals surface area contributed by atoms with Crippen LogP contribution in [0.25, 0.3) is 49.3 Å². The predicted molar refractivity (Wildman–Crippen MR) is 123 cm³/mol. The molecular formula is C24H16FN5OS. The Kier molecular flexibility index (Phi) is 4.26. The SMILES string of the molecule is COc1ccc(-c2nc3sc(-c4ccc(F)cc4)nn3c2-c2nc3ccccc3[nH]2)cc1. The summed E-state index contributed by atoms with van der Waals surface area (Å²) in [6.45, 7) is 0. The van der Waals surface area contributed by atoms with Gasteiger partial charge in [0, 0.05) is 11.1 Å². The van der Waals surface area contributed by atoms with E-state index in [9.17, 15) is 4.39 Å². The summed E-state index contributed by atoms with van der Waals surface area (Å²) in [5, 5.41) is 5.56. The summed E-state index contributed by atoms with van der Waals surface area (Å²) >= 11 is 1.45. The minimum absolute atomic E-state index is 0.278. The number of halogens is 1. The number of methoxy groups -OCH3 is 1. The van der Waals surface area contributed by atoms with Crippen LogP contribution in [-0.4, -0.2) is 31.7 Å². The number of H-pyrrole nitrogens is 1. The third-order valence-electron chi connectivity index (χ3n) is 5.27. The Morgan fingerprint density at radius 2 is 1.66 bits per heavy atom. The van der Waals surface area contributed by atoms with Gasteiger partial charge in [0.15, 0.2) is 5.82 Å². The highest BCUT2D eigenvalue weighted by molar-refractivity contribution is 7.19. The van der Waals surface area contributed by atoms with Gasteiger partial charge < -0.3 is 9.72 Å². The van der Waals surface area contributed by atoms with Crippen LogP contribution in [0.15, 0.2) is 72.8 Å². The molecule has 156 valence electrons. The molecule has 1 N–H and O–H groups in total. The monoisotopic (exact) mass is 441 g/mol. The number of ether oxygens (including phenoxy) is 1. The zero-order chi connectivity index (χ0) is 21.7. The molecule has 0 aliphatic heterocycles. The number of nitrogens with zero attached hydrogens (tertiary/aromatic N) is 4. The van der Waals surface area contributed by atoms with Gasteiger partial charge in [0.25, 0.3) is 0 Å². The van der Waals surface area contributed by atoms with Gasteiger partial charge in [-0.25, -0.2) is 14.4 Å². The Morgan fingerprint density at radius 3 is 2.41 bits per heavy atom. The summed E-state index contributed by atoms with van der Waals surface area (Å²) in [4.78, 5) is 13.8. The maximum Gasteiger partial charge on any atom is 0.213 e. The van der Waals surface area contributed by atoms with Crippen LogP contribution in [0.4, 0.5) is 4.39 Å². The molecule has 32 heavy (non-hydrogen) atoms. The average Bonchev–Trinajstić information content (AvgIpc) is 3.51. The topological polar surface area (TPSA) is 68.1 Å². The minimum Gasteiger partial charge on any atom is -0.497 e. The molecule has 0 amide bonds. The quantitative estimate of drug-likeness (QED) is 0.375. The van der Waals surface area contributed by atoms with Gasteiger partial charge in [-0.3, -0.25) is 0 Å². The summed E-state index contributed by atoms with van der Waals surface area (Å²) in [7, 11) is 1.64. The number of para-hydroxylation sites is 2. The lowest BCUT2D eigenvalue weighted by molar-refractivity contribution is 0.415. The highest BCUT2D eigenvalue weighted by Gasteiger charge is 2.22. The van der Waals surface area contributed by atoms with Crippen LogP contribution in [0.5, 0.6) is 5.75 Å². The standard InChI is InChI=1S/C24H16FN5OS/c1-31-17-12-8-14(9-13-17)20-21(22-26-18-4-2-3-5-19(18)27-22)30-24(28-20)32-23(29-30)15-6-10-16(25)11-7-15/h2-13H,1H3,(H,26,27). The molecule has 0 saturated heterocycles. The van der Waals surface area contributed by atoms with Gasteiger partial charge in [-0.2, -0.15) is 9.61 Å². The molecule has 8 heteroatoms. The maximum atomic E-state index is 13.4. The number of hydrogen-bond acceptors (Lipinski definition) is 5. The molecule has 3 aromatic carbocycles. The van der Waals surface area contributed by atoms with Crippen molar-refractivity contribution in [3.8, 4) is 39.1 Å². The first-order valence-corrected chi connectivity index (χ1v) is 10.8. The zero-order valence-corrected chi connectivity index (χ0v) is 17.7. The maximum absolute atomic E-state index is 13.4. The van der Waals surface area contributed by atoms with Crippen molar-refractivity contribution in [2.45, 2.75) is 0 Å². The second-order valence-corrected chi connectivity index (χ2v) is 8.20. The molecular weight excluding hydrogens is 425 g/mol. The number of fused-ring (bicyclic) bond motifs is 2. The van der Waals surface area contributed by atoms with Gasteiger partial charge in [0.2, 0.25) is 4.96 Å². The van der Waals surface area contributed by atoms with E-state index in [2.05, 4.69) is 4.98 Å². The van der Waals surface area contributed by atoms with E-state index >= 15 is 0 Å². The highest BCUT2D eigenvalue weighted by atomic mass is 32.1. The van der Waals surface area contributed by atoms with Crippen molar-refractivity contribution in [3.63, 3.8) is 0 Å². The van der Waals surface area contributed by atoms with E-state index in [4.69, 9.17) is 19.8 Å². The number of imidazole rings is 2. The van der Waals surface area contributed by atoms with Gasteiger partial charge in [-0.15, -0.1) is 0 Å². The van der Waals surface area contributed by atoms with Gasteiger partial charge in [-0.1, -0.05) is 23.5 Å². The molecule has 0 aliphatic rings. The van der Waals surface area contributed by atoms with Crippen LogP contribution in [-0.2, 0) is 0 Å². The molecule has 0 radical (unpaired) electrons. The van der Waals surface area contributed by atoms with Crippen LogP contribution in [0.1, 0.15) is 0 Å². The summed E-state index contributed by atoms with van der Waals surface area (Å²) in [5.74, 6) is 1.18. The number of benzene rings is 3. The summed E-state index contributed by atoms with van der Waals surface area (Å²) < 4.78 is 20.5. The Labute approximate surface area is 186 Å². The molecule has 0 spiro atoms. The fraction of sp³-hybridized carbons (Fsp3) is 0.0417. The molecule has 0 atom stereocenters. The summed E-state index contributed by atoms with van der Waals surface area (Å²) in [5.41, 5.74) is 5.12. The smallest absolute Gasteiger partial charge is 0.213 e. The third kappa shape index (κ3) is 3.04. The number of aromatic nitrogens is 5. The minimum atomic E-state index is -0.278. The number of nitrogens with one attached hydrogen (secondary N) is 1. The first kappa shape index (κ1) is 18.7. The first-order chi connectivity index (χ1) is 15.7. The van der Waals surface area contributed by atoms with E-state index in [-0.39, 0.29) is 5.82 Å². The summed E-state index contributed by atoms with van der Waals surface area (Å²) in [6, 6.07) is 21.9. The molecule has 0 aliphatic carbocycles. The normalized spacial score (nSPS) is 11.4. The van der Waals surface area contributed by atoms with E-state index in [1.165, 1.54) is 23.5 Å². The van der Waals surface area contributed by atoms with Crippen LogP contribution in [0.3, 0.4) is 0 Å². The van der Waals surface area contributed by atoms with Crippen LogP contribution in [0, 0.1) is 5.82 Å². The van der Waals surface area contributed by atoms with Crippen molar-refractivity contribution in [3.05, 3.63) is 78.6 Å². The molecule has 6 aromatic rings. The zero-order valence-electron chi connectivity index (χ0n) is 16.9. The van der Waals surface area contributed by atoms with Crippen molar-refractivity contribution < 1.29 is 9.13 Å². The van der Waals surface area contributed by atoms with Crippen molar-refractivity contribution in [1.29, 1.82) is 0 Å². The molecule has 3 heterocycles. The van der Waals surface area contributed by atoms with Crippen molar-refractivity contribution in [2.24, 2.45) is 0 Å². The molecule has 6 rings (SSSR count). The van der Waals surface area contributed by atoms with Crippen LogP contribution >= 0.6 is 11.3 Å². The second-order valence-electron chi connectivity index (χ2n) is 7.25. The van der Waals surface area contributed by atoms with Crippen molar-refractivity contribution in [2.75, 3.05) is 7.11 Å². The average molecular weight is 441 g/mol. The Hall–Kier alpha value is -4.04. The van der Waals surface area contributed by atoms with E-state index in [0.717, 1.165) is 49.3 Å². The van der Waals surface area contributed by atoms with Gasteiger partial charge in [0.05, 0.1) is 18.1 Å². The van der Waals surface area contributed by atoms with Crippen molar-refractivity contribution >= 4 is 27.3 Å². The Bertz CT molecular complexity index is 1530. The fourth-order valence-electron chi connectivity index (χ4n) is 3.69. The third-order valence-corrected chi connectivity index (χ3v) is 6.23. The molecule has 3 aromatic heterocycles. The molecule has 0 bridgehead atoms. The lowest BCUT2D eigenvalue weighted by atomic mass is 10.1. The largest absolute Gasteiger partial charge is 0.497 e. The van der Waals surface area contributed by atoms with Crippen LogP contribution in [0.2, 0.25) is 0 Å². The second kappa shape index (κ2) is 7.28. The van der Waals surface area contributed by atoms with Crippen molar-refractivity contribution in [1.82, 2.24) is 24.6 Å². The van der Waals surface area contributed by atoms with E-state index in [1.807, 2.05) is 48.5 Å². The predicted octanol–water partition coefficient (Wildman–Crippen LogP) is 5.82. The van der Waals surface area contributed by atoms with Gasteiger partial charge in [0.1, 0.15) is 28.0 Å². The highest BCUT2D eigenvalue weighted by Crippen LogP contribution is 2.36. The molecule has 0 unspecified atom stereocenters. The number of rotatable bonds is 4. The van der Waals surface area contributed by atoms with Gasteiger partial charge in [-0.05, 0) is 60.7 Å².